The van der Waals surface area contributed by atoms with Crippen LogP contribution < -0.4 is 10.2 Å². The van der Waals surface area contributed by atoms with E-state index < -0.39 is 0 Å². The summed E-state index contributed by atoms with van der Waals surface area (Å²) < 4.78 is 5.75. The number of aromatic hydroxyl groups is 1. The van der Waals surface area contributed by atoms with E-state index in [1.54, 1.807) is 18.3 Å². The normalized spacial score (nSPS) is 20.0. The van der Waals surface area contributed by atoms with Gasteiger partial charge in [0.2, 0.25) is 0 Å². The number of benzene rings is 1. The van der Waals surface area contributed by atoms with Crippen molar-refractivity contribution < 1.29 is 14.6 Å². The van der Waals surface area contributed by atoms with Crippen molar-refractivity contribution in [2.75, 3.05) is 18.0 Å². The first-order valence-electron chi connectivity index (χ1n) is 8.85. The third-order valence-electron chi connectivity index (χ3n) is 4.40. The maximum Gasteiger partial charge on any atom is 0.255 e. The van der Waals surface area contributed by atoms with Gasteiger partial charge in [-0.3, -0.25) is 4.79 Å². The van der Waals surface area contributed by atoms with Gasteiger partial charge in [-0.15, -0.1) is 0 Å². The number of hydrogen-bond donors (Lipinski definition) is 2. The largest absolute Gasteiger partial charge is 0.507 e. The molecule has 2 N–H and O–H groups in total. The van der Waals surface area contributed by atoms with Gasteiger partial charge in [-0.05, 0) is 44.5 Å². The molecule has 1 aromatic carbocycles. The van der Waals surface area contributed by atoms with Crippen molar-refractivity contribution >= 4 is 11.7 Å². The molecular weight excluding hydrogens is 330 g/mol. The molecule has 0 saturated carbocycles. The van der Waals surface area contributed by atoms with Crippen LogP contribution in [0.4, 0.5) is 5.82 Å². The van der Waals surface area contributed by atoms with Crippen LogP contribution in [-0.4, -0.2) is 41.3 Å². The van der Waals surface area contributed by atoms with E-state index >= 15 is 0 Å². The standard InChI is InChI=1S/C20H25N3O3/c1-13-4-6-18(24)17(8-13)20(25)22-10-16-5-7-19(21-9-16)23-11-14(2)26-15(3)12-23/h4-9,14-15,24H,10-12H2,1-3H3,(H,22,25). The van der Waals surface area contributed by atoms with Gasteiger partial charge in [-0.25, -0.2) is 4.98 Å². The molecule has 2 unspecified atom stereocenters. The number of rotatable bonds is 4. The minimum Gasteiger partial charge on any atom is -0.507 e. The third-order valence-corrected chi connectivity index (χ3v) is 4.40. The molecule has 6 nitrogen and oxygen atoms in total. The van der Waals surface area contributed by atoms with Gasteiger partial charge in [0, 0.05) is 25.8 Å². The molecule has 0 spiro atoms. The molecule has 6 heteroatoms. The summed E-state index contributed by atoms with van der Waals surface area (Å²) in [6.45, 7) is 8.00. The number of phenolic OH excluding ortho intramolecular Hbond substituents is 1. The summed E-state index contributed by atoms with van der Waals surface area (Å²) in [4.78, 5) is 19.0. The number of aryl methyl sites for hydroxylation is 1. The van der Waals surface area contributed by atoms with Crippen LogP contribution in [0.3, 0.4) is 0 Å². The number of aromatic nitrogens is 1. The second kappa shape index (κ2) is 7.74. The van der Waals surface area contributed by atoms with E-state index in [0.717, 1.165) is 30.0 Å². The molecule has 3 rings (SSSR count). The molecule has 1 aliphatic rings. The van der Waals surface area contributed by atoms with E-state index in [-0.39, 0.29) is 29.4 Å². The molecule has 26 heavy (non-hydrogen) atoms. The maximum atomic E-state index is 12.3. The van der Waals surface area contributed by atoms with Gasteiger partial charge in [0.25, 0.3) is 5.91 Å². The molecule has 2 aromatic rings. The number of pyridine rings is 1. The van der Waals surface area contributed by atoms with E-state index in [0.29, 0.717) is 6.54 Å². The number of anilines is 1. The lowest BCUT2D eigenvalue weighted by molar-refractivity contribution is -0.00546. The molecule has 1 fully saturated rings. The van der Waals surface area contributed by atoms with Gasteiger partial charge in [0.1, 0.15) is 11.6 Å². The first-order valence-corrected chi connectivity index (χ1v) is 8.85. The number of nitrogens with zero attached hydrogens (tertiary/aromatic N) is 2. The van der Waals surface area contributed by atoms with Crippen LogP contribution in [0.15, 0.2) is 36.5 Å². The summed E-state index contributed by atoms with van der Waals surface area (Å²) in [5.41, 5.74) is 2.11. The Kier molecular flexibility index (Phi) is 5.42. The Morgan fingerprint density at radius 3 is 2.65 bits per heavy atom. The summed E-state index contributed by atoms with van der Waals surface area (Å²) in [5.74, 6) is 0.599. The number of amides is 1. The van der Waals surface area contributed by atoms with Crippen molar-refractivity contribution in [3.05, 3.63) is 53.2 Å². The minimum absolute atomic E-state index is 0.0165. The van der Waals surface area contributed by atoms with Gasteiger partial charge in [0.15, 0.2) is 0 Å². The highest BCUT2D eigenvalue weighted by Gasteiger charge is 2.23. The summed E-state index contributed by atoms with van der Waals surface area (Å²) in [7, 11) is 0. The second-order valence-electron chi connectivity index (χ2n) is 6.89. The van der Waals surface area contributed by atoms with E-state index in [2.05, 4.69) is 29.0 Å². The van der Waals surface area contributed by atoms with Crippen molar-refractivity contribution in [1.82, 2.24) is 10.3 Å². The molecule has 1 amide bonds. The van der Waals surface area contributed by atoms with E-state index in [1.165, 1.54) is 6.07 Å². The van der Waals surface area contributed by atoms with Crippen LogP contribution in [0, 0.1) is 6.92 Å². The highest BCUT2D eigenvalue weighted by atomic mass is 16.5. The quantitative estimate of drug-likeness (QED) is 0.882. The van der Waals surface area contributed by atoms with Gasteiger partial charge >= 0.3 is 0 Å². The van der Waals surface area contributed by atoms with Crippen molar-refractivity contribution in [1.29, 1.82) is 0 Å². The number of nitrogens with one attached hydrogen (secondary N) is 1. The van der Waals surface area contributed by atoms with Crippen LogP contribution in [0.5, 0.6) is 5.75 Å². The van der Waals surface area contributed by atoms with Crippen molar-refractivity contribution in [3.8, 4) is 5.75 Å². The highest BCUT2D eigenvalue weighted by Crippen LogP contribution is 2.19. The Hall–Kier alpha value is -2.60. The lowest BCUT2D eigenvalue weighted by atomic mass is 10.1. The number of carbonyl (C=O) groups is 1. The average Bonchev–Trinajstić information content (AvgIpc) is 2.61. The first kappa shape index (κ1) is 18.2. The Morgan fingerprint density at radius 1 is 1.27 bits per heavy atom. The average molecular weight is 355 g/mol. The van der Waals surface area contributed by atoms with Crippen molar-refractivity contribution in [3.63, 3.8) is 0 Å². The zero-order chi connectivity index (χ0) is 18.7. The fourth-order valence-electron chi connectivity index (χ4n) is 3.18. The lowest BCUT2D eigenvalue weighted by Crippen LogP contribution is -2.45. The number of hydrogen-bond acceptors (Lipinski definition) is 5. The van der Waals surface area contributed by atoms with Crippen LogP contribution in [0.25, 0.3) is 0 Å². The topological polar surface area (TPSA) is 74.7 Å². The van der Waals surface area contributed by atoms with Gasteiger partial charge in [-0.2, -0.15) is 0 Å². The molecular formula is C20H25N3O3. The molecule has 1 aromatic heterocycles. The third kappa shape index (κ3) is 4.32. The fraction of sp³-hybridized carbons (Fsp3) is 0.400. The van der Waals surface area contributed by atoms with Gasteiger partial charge < -0.3 is 20.1 Å². The smallest absolute Gasteiger partial charge is 0.255 e. The number of carbonyl (C=O) groups excluding carboxylic acids is 1. The van der Waals surface area contributed by atoms with Crippen LogP contribution >= 0.6 is 0 Å². The lowest BCUT2D eigenvalue weighted by Gasteiger charge is -2.36. The summed E-state index contributed by atoms with van der Waals surface area (Å²) in [6.07, 6.45) is 2.14. The first-order chi connectivity index (χ1) is 12.4. The Labute approximate surface area is 153 Å². The molecule has 0 aliphatic carbocycles. The van der Waals surface area contributed by atoms with E-state index in [1.807, 2.05) is 19.1 Å². The van der Waals surface area contributed by atoms with Crippen LogP contribution in [-0.2, 0) is 11.3 Å². The van der Waals surface area contributed by atoms with Gasteiger partial charge in [0.05, 0.1) is 17.8 Å². The molecule has 2 atom stereocenters. The second-order valence-corrected chi connectivity index (χ2v) is 6.89. The Morgan fingerprint density at radius 2 is 2.00 bits per heavy atom. The maximum absolute atomic E-state index is 12.3. The number of phenols is 1. The zero-order valence-corrected chi connectivity index (χ0v) is 15.4. The number of morpholine rings is 1. The Balaban J connectivity index is 1.61. The highest BCUT2D eigenvalue weighted by molar-refractivity contribution is 5.96. The van der Waals surface area contributed by atoms with Crippen LogP contribution in [0.1, 0.15) is 35.3 Å². The van der Waals surface area contributed by atoms with E-state index in [4.69, 9.17) is 4.74 Å². The van der Waals surface area contributed by atoms with E-state index in [9.17, 15) is 9.90 Å². The Bertz CT molecular complexity index is 766. The SMILES string of the molecule is Cc1ccc(O)c(C(=O)NCc2ccc(N3CC(C)OC(C)C3)nc2)c1. The molecule has 1 saturated heterocycles. The van der Waals surface area contributed by atoms with Crippen molar-refractivity contribution in [2.24, 2.45) is 0 Å². The molecule has 2 heterocycles. The van der Waals surface area contributed by atoms with Crippen LogP contribution in [0.2, 0.25) is 0 Å². The molecule has 0 radical (unpaired) electrons. The summed E-state index contributed by atoms with van der Waals surface area (Å²) in [5, 5.41) is 12.7. The monoisotopic (exact) mass is 355 g/mol. The van der Waals surface area contributed by atoms with Crippen molar-refractivity contribution in [2.45, 2.75) is 39.5 Å². The predicted molar refractivity (Wildman–Crippen MR) is 100 cm³/mol. The zero-order valence-electron chi connectivity index (χ0n) is 15.4. The fourth-order valence-corrected chi connectivity index (χ4v) is 3.18. The predicted octanol–water partition coefficient (Wildman–Crippen LogP) is 2.64. The molecule has 0 bridgehead atoms. The summed E-state index contributed by atoms with van der Waals surface area (Å²) in [6, 6.07) is 8.90. The molecule has 1 aliphatic heterocycles. The minimum atomic E-state index is -0.300. The summed E-state index contributed by atoms with van der Waals surface area (Å²) >= 11 is 0. The van der Waals surface area contributed by atoms with Gasteiger partial charge in [-0.1, -0.05) is 17.7 Å². The number of ether oxygens (including phenoxy) is 1. The molecule has 138 valence electrons.